The summed E-state index contributed by atoms with van der Waals surface area (Å²) in [6.45, 7) is 6.23. The van der Waals surface area contributed by atoms with Gasteiger partial charge in [-0.3, -0.25) is 0 Å². The minimum Gasteiger partial charge on any atom is -0.374 e. The molecule has 1 atom stereocenters. The van der Waals surface area contributed by atoms with Crippen LogP contribution in [0.25, 0.3) is 27.5 Å². The first-order valence-electron chi connectivity index (χ1n) is 9.62. The van der Waals surface area contributed by atoms with E-state index in [9.17, 15) is 0 Å². The van der Waals surface area contributed by atoms with E-state index in [0.717, 1.165) is 11.3 Å². The molecular formula is C26H22N2. The molecule has 4 aromatic rings. The Bertz CT molecular complexity index is 1200. The molecule has 3 aromatic carbocycles. The number of hydrogen-bond acceptors (Lipinski definition) is 1. The molecule has 0 spiro atoms. The van der Waals surface area contributed by atoms with Crippen molar-refractivity contribution >= 4 is 27.5 Å². The molecule has 0 amide bonds. The molecule has 1 aromatic heterocycles. The zero-order valence-electron chi connectivity index (χ0n) is 15.9. The number of dihydropyridines is 1. The minimum absolute atomic E-state index is 0.104. The number of rotatable bonds is 3. The maximum Gasteiger partial charge on any atom is 0.0721 e. The van der Waals surface area contributed by atoms with Gasteiger partial charge in [0.2, 0.25) is 0 Å². The fourth-order valence-corrected chi connectivity index (χ4v) is 4.04. The van der Waals surface area contributed by atoms with Crippen molar-refractivity contribution < 1.29 is 0 Å². The fourth-order valence-electron chi connectivity index (χ4n) is 4.04. The van der Waals surface area contributed by atoms with Crippen LogP contribution in [0.2, 0.25) is 0 Å². The maximum absolute atomic E-state index is 4.18. The average Bonchev–Trinajstić information content (AvgIpc) is 3.08. The summed E-state index contributed by atoms with van der Waals surface area (Å²) in [6.07, 6.45) is 4.52. The van der Waals surface area contributed by atoms with Crippen molar-refractivity contribution in [3.63, 3.8) is 0 Å². The molecule has 136 valence electrons. The predicted octanol–water partition coefficient (Wildman–Crippen LogP) is 6.44. The van der Waals surface area contributed by atoms with Gasteiger partial charge in [0.15, 0.2) is 0 Å². The van der Waals surface area contributed by atoms with E-state index in [4.69, 9.17) is 0 Å². The van der Waals surface area contributed by atoms with Crippen molar-refractivity contribution in [3.8, 4) is 0 Å². The Kier molecular flexibility index (Phi) is 3.91. The molecule has 0 radical (unpaired) electrons. The van der Waals surface area contributed by atoms with Crippen LogP contribution >= 0.6 is 0 Å². The van der Waals surface area contributed by atoms with Crippen molar-refractivity contribution in [1.82, 2.24) is 9.88 Å². The second-order valence-electron chi connectivity index (χ2n) is 7.33. The Morgan fingerprint density at radius 2 is 1.39 bits per heavy atom. The predicted molar refractivity (Wildman–Crippen MR) is 119 cm³/mol. The van der Waals surface area contributed by atoms with Crippen LogP contribution in [0.15, 0.2) is 109 Å². The third kappa shape index (κ3) is 2.66. The number of aromatic nitrogens is 1. The van der Waals surface area contributed by atoms with Crippen LogP contribution in [0.1, 0.15) is 18.5 Å². The third-order valence-corrected chi connectivity index (χ3v) is 5.40. The Morgan fingerprint density at radius 3 is 2.00 bits per heavy atom. The summed E-state index contributed by atoms with van der Waals surface area (Å²) >= 11 is 0. The number of hydrogen-bond donors (Lipinski definition) is 1. The average molecular weight is 362 g/mol. The summed E-state index contributed by atoms with van der Waals surface area (Å²) < 4.78 is 2.37. The van der Waals surface area contributed by atoms with E-state index in [0.29, 0.717) is 0 Å². The lowest BCUT2D eigenvalue weighted by atomic mass is 10.0. The molecule has 1 N–H and O–H groups in total. The van der Waals surface area contributed by atoms with Gasteiger partial charge in [-0.25, -0.2) is 0 Å². The lowest BCUT2D eigenvalue weighted by Crippen LogP contribution is -2.24. The molecule has 0 saturated heterocycles. The molecule has 2 nitrogen and oxygen atoms in total. The van der Waals surface area contributed by atoms with Crippen molar-refractivity contribution in [2.45, 2.75) is 13.0 Å². The quantitative estimate of drug-likeness (QED) is 0.444. The lowest BCUT2D eigenvalue weighted by Gasteiger charge is -2.26. The van der Waals surface area contributed by atoms with E-state index in [2.05, 4.69) is 114 Å². The molecule has 0 bridgehead atoms. The van der Waals surface area contributed by atoms with Crippen LogP contribution in [0.4, 0.5) is 0 Å². The molecule has 2 heterocycles. The van der Waals surface area contributed by atoms with Crippen LogP contribution in [-0.2, 0) is 0 Å². The minimum atomic E-state index is 0.104. The topological polar surface area (TPSA) is 17.0 Å². The highest BCUT2D eigenvalue weighted by Crippen LogP contribution is 2.35. The highest BCUT2D eigenvalue weighted by Gasteiger charge is 2.20. The Morgan fingerprint density at radius 1 is 0.821 bits per heavy atom. The lowest BCUT2D eigenvalue weighted by molar-refractivity contribution is 0.710. The van der Waals surface area contributed by atoms with Gasteiger partial charge in [-0.2, -0.15) is 0 Å². The molecule has 1 aliphatic rings. The molecular weight excluding hydrogens is 340 g/mol. The summed E-state index contributed by atoms with van der Waals surface area (Å²) in [5.41, 5.74) is 6.97. The highest BCUT2D eigenvalue weighted by atomic mass is 15.0. The highest BCUT2D eigenvalue weighted by molar-refractivity contribution is 6.10. The van der Waals surface area contributed by atoms with Gasteiger partial charge in [-0.05, 0) is 42.3 Å². The normalized spacial score (nSPS) is 16.5. The standard InChI is InChI=1S/C26H22N2/c1-18(2)23-16-20(17-24(27-23)19-10-4-3-5-11-19)28-25-14-8-6-12-21(25)22-13-7-9-15-26(22)28/h3-17,24,27H,1H2,2H3. The van der Waals surface area contributed by atoms with Gasteiger partial charge < -0.3 is 9.88 Å². The van der Waals surface area contributed by atoms with E-state index in [1.807, 2.05) is 0 Å². The fraction of sp³-hybridized carbons (Fsp3) is 0.0769. The summed E-state index contributed by atoms with van der Waals surface area (Å²) in [4.78, 5) is 0. The number of allylic oxidation sites excluding steroid dienone is 3. The van der Waals surface area contributed by atoms with Gasteiger partial charge in [0.05, 0.1) is 17.1 Å². The number of nitrogens with one attached hydrogen (secondary N) is 1. The molecule has 0 aliphatic carbocycles. The number of nitrogens with zero attached hydrogens (tertiary/aromatic N) is 1. The van der Waals surface area contributed by atoms with Crippen molar-refractivity contribution in [2.24, 2.45) is 0 Å². The molecule has 2 heteroatoms. The summed E-state index contributed by atoms with van der Waals surface area (Å²) in [7, 11) is 0. The number of para-hydroxylation sites is 2. The van der Waals surface area contributed by atoms with E-state index >= 15 is 0 Å². The van der Waals surface area contributed by atoms with Crippen LogP contribution in [0.5, 0.6) is 0 Å². The van der Waals surface area contributed by atoms with E-state index in [-0.39, 0.29) is 6.04 Å². The molecule has 1 unspecified atom stereocenters. The second kappa shape index (κ2) is 6.58. The first kappa shape index (κ1) is 16.6. The zero-order chi connectivity index (χ0) is 19.1. The van der Waals surface area contributed by atoms with Crippen LogP contribution in [-0.4, -0.2) is 4.57 Å². The Labute approximate surface area is 165 Å². The van der Waals surface area contributed by atoms with Crippen LogP contribution in [0.3, 0.4) is 0 Å². The maximum atomic E-state index is 4.18. The van der Waals surface area contributed by atoms with E-state index in [1.54, 1.807) is 0 Å². The smallest absolute Gasteiger partial charge is 0.0721 e. The van der Waals surface area contributed by atoms with Crippen LogP contribution < -0.4 is 5.32 Å². The first-order chi connectivity index (χ1) is 13.7. The molecule has 5 rings (SSSR count). The summed E-state index contributed by atoms with van der Waals surface area (Å²) in [5, 5.41) is 6.18. The van der Waals surface area contributed by atoms with Gasteiger partial charge >= 0.3 is 0 Å². The Balaban J connectivity index is 1.78. The van der Waals surface area contributed by atoms with Gasteiger partial charge in [0.1, 0.15) is 0 Å². The number of fused-ring (bicyclic) bond motifs is 3. The first-order valence-corrected chi connectivity index (χ1v) is 9.62. The van der Waals surface area contributed by atoms with E-state index < -0.39 is 0 Å². The van der Waals surface area contributed by atoms with Gasteiger partial charge in [-0.1, -0.05) is 73.3 Å². The molecule has 0 fully saturated rings. The van der Waals surface area contributed by atoms with Crippen molar-refractivity contribution in [1.29, 1.82) is 0 Å². The van der Waals surface area contributed by atoms with E-state index in [1.165, 1.54) is 33.1 Å². The molecule has 1 aliphatic heterocycles. The van der Waals surface area contributed by atoms with Crippen molar-refractivity contribution in [2.75, 3.05) is 0 Å². The zero-order valence-corrected chi connectivity index (χ0v) is 15.9. The summed E-state index contributed by atoms with van der Waals surface area (Å²) in [5.74, 6) is 0. The molecule has 28 heavy (non-hydrogen) atoms. The van der Waals surface area contributed by atoms with Gasteiger partial charge in [0.25, 0.3) is 0 Å². The third-order valence-electron chi connectivity index (χ3n) is 5.40. The Hall–Kier alpha value is -3.52. The summed E-state index contributed by atoms with van der Waals surface area (Å²) in [6, 6.07) is 27.9. The van der Waals surface area contributed by atoms with Gasteiger partial charge in [0, 0.05) is 22.2 Å². The van der Waals surface area contributed by atoms with Crippen molar-refractivity contribution in [3.05, 3.63) is 114 Å². The SMILES string of the molecule is C=C(C)C1=CC(n2c3ccccc3c3ccccc32)=CC(c2ccccc2)N1. The molecule has 0 saturated carbocycles. The monoisotopic (exact) mass is 362 g/mol. The number of benzene rings is 3. The van der Waals surface area contributed by atoms with Crippen LogP contribution in [0, 0.1) is 0 Å². The van der Waals surface area contributed by atoms with Gasteiger partial charge in [-0.15, -0.1) is 0 Å². The largest absolute Gasteiger partial charge is 0.374 e. The second-order valence-corrected chi connectivity index (χ2v) is 7.33.